The Hall–Kier alpha value is -1.02. The first-order valence-corrected chi connectivity index (χ1v) is 5.14. The van der Waals surface area contributed by atoms with Gasteiger partial charge in [-0.25, -0.2) is 0 Å². The molecule has 1 atom stereocenters. The standard InChI is InChI=1S/C11H12ClNO/c1-8-2-7-11(14)13(8)10-5-3-9(12)4-6-10/h3-6,8H,2,7H2,1H3/t8-/m0/s1. The molecule has 1 saturated heterocycles. The minimum Gasteiger partial charge on any atom is -0.310 e. The van der Waals surface area contributed by atoms with Crippen LogP contribution in [0, 0.1) is 0 Å². The molecular weight excluding hydrogens is 198 g/mol. The van der Waals surface area contributed by atoms with Gasteiger partial charge in [0.05, 0.1) is 0 Å². The van der Waals surface area contributed by atoms with Crippen LogP contribution in [-0.2, 0) is 4.79 Å². The van der Waals surface area contributed by atoms with Gasteiger partial charge in [-0.1, -0.05) is 11.6 Å². The molecule has 0 aromatic heterocycles. The van der Waals surface area contributed by atoms with Crippen molar-refractivity contribution in [3.05, 3.63) is 29.3 Å². The number of nitrogens with zero attached hydrogens (tertiary/aromatic N) is 1. The molecule has 0 spiro atoms. The van der Waals surface area contributed by atoms with Gasteiger partial charge >= 0.3 is 0 Å². The Labute approximate surface area is 88.5 Å². The molecule has 1 fully saturated rings. The second-order valence-electron chi connectivity index (χ2n) is 3.63. The summed E-state index contributed by atoms with van der Waals surface area (Å²) in [6, 6.07) is 7.72. The van der Waals surface area contributed by atoms with Crippen LogP contribution in [0.4, 0.5) is 5.69 Å². The van der Waals surface area contributed by atoms with E-state index in [9.17, 15) is 4.79 Å². The number of carbonyl (C=O) groups is 1. The van der Waals surface area contributed by atoms with E-state index in [1.165, 1.54) is 0 Å². The Morgan fingerprint density at radius 1 is 1.36 bits per heavy atom. The molecule has 0 saturated carbocycles. The summed E-state index contributed by atoms with van der Waals surface area (Å²) in [6.07, 6.45) is 1.60. The van der Waals surface area contributed by atoms with Crippen molar-refractivity contribution < 1.29 is 4.79 Å². The van der Waals surface area contributed by atoms with Gasteiger partial charge in [0.2, 0.25) is 5.91 Å². The number of anilines is 1. The summed E-state index contributed by atoms with van der Waals surface area (Å²) >= 11 is 5.79. The molecule has 0 aliphatic carbocycles. The first-order chi connectivity index (χ1) is 6.68. The second-order valence-corrected chi connectivity index (χ2v) is 4.06. The molecule has 1 aliphatic heterocycles. The van der Waals surface area contributed by atoms with Crippen LogP contribution in [0.3, 0.4) is 0 Å². The normalized spacial score (nSPS) is 21.7. The Bertz CT molecular complexity index is 347. The average molecular weight is 210 g/mol. The van der Waals surface area contributed by atoms with Crippen molar-refractivity contribution >= 4 is 23.2 Å². The largest absolute Gasteiger partial charge is 0.310 e. The Kier molecular flexibility index (Phi) is 2.46. The van der Waals surface area contributed by atoms with E-state index in [1.54, 1.807) is 0 Å². The fourth-order valence-corrected chi connectivity index (χ4v) is 1.95. The molecule has 1 aromatic carbocycles. The van der Waals surface area contributed by atoms with Gasteiger partial charge in [-0.05, 0) is 37.6 Å². The van der Waals surface area contributed by atoms with E-state index in [1.807, 2.05) is 29.2 Å². The molecule has 1 aromatic rings. The van der Waals surface area contributed by atoms with E-state index in [-0.39, 0.29) is 5.91 Å². The van der Waals surface area contributed by atoms with Crippen molar-refractivity contribution in [1.82, 2.24) is 0 Å². The third kappa shape index (κ3) is 1.62. The number of rotatable bonds is 1. The lowest BCUT2D eigenvalue weighted by molar-refractivity contribution is -0.117. The average Bonchev–Trinajstić information content (AvgIpc) is 2.49. The zero-order chi connectivity index (χ0) is 10.1. The second kappa shape index (κ2) is 3.62. The Morgan fingerprint density at radius 2 is 2.00 bits per heavy atom. The van der Waals surface area contributed by atoms with Crippen LogP contribution >= 0.6 is 11.6 Å². The van der Waals surface area contributed by atoms with Gasteiger partial charge in [-0.15, -0.1) is 0 Å². The van der Waals surface area contributed by atoms with Gasteiger partial charge < -0.3 is 4.90 Å². The van der Waals surface area contributed by atoms with Crippen LogP contribution in [0.1, 0.15) is 19.8 Å². The molecular formula is C11H12ClNO. The predicted octanol–water partition coefficient (Wildman–Crippen LogP) is 2.86. The van der Waals surface area contributed by atoms with Gasteiger partial charge in [-0.3, -0.25) is 4.79 Å². The minimum absolute atomic E-state index is 0.208. The molecule has 1 heterocycles. The van der Waals surface area contributed by atoms with Gasteiger partial charge in [0.15, 0.2) is 0 Å². The van der Waals surface area contributed by atoms with E-state index in [4.69, 9.17) is 11.6 Å². The topological polar surface area (TPSA) is 20.3 Å². The molecule has 0 N–H and O–H groups in total. The number of benzene rings is 1. The van der Waals surface area contributed by atoms with Gasteiger partial charge in [0.1, 0.15) is 0 Å². The van der Waals surface area contributed by atoms with Crippen molar-refractivity contribution in [2.24, 2.45) is 0 Å². The number of hydrogen-bond acceptors (Lipinski definition) is 1. The van der Waals surface area contributed by atoms with Gasteiger partial charge in [-0.2, -0.15) is 0 Å². The summed E-state index contributed by atoms with van der Waals surface area (Å²) in [4.78, 5) is 13.4. The SMILES string of the molecule is C[C@H]1CCC(=O)N1c1ccc(Cl)cc1. The van der Waals surface area contributed by atoms with Gasteiger partial charge in [0.25, 0.3) is 0 Å². The molecule has 3 heteroatoms. The van der Waals surface area contributed by atoms with Crippen molar-refractivity contribution in [2.45, 2.75) is 25.8 Å². The molecule has 2 nitrogen and oxygen atoms in total. The van der Waals surface area contributed by atoms with Crippen molar-refractivity contribution in [3.8, 4) is 0 Å². The molecule has 14 heavy (non-hydrogen) atoms. The fraction of sp³-hybridized carbons (Fsp3) is 0.364. The molecule has 0 unspecified atom stereocenters. The number of amides is 1. The molecule has 0 bridgehead atoms. The Morgan fingerprint density at radius 3 is 2.50 bits per heavy atom. The van der Waals surface area contributed by atoms with Crippen LogP contribution < -0.4 is 4.90 Å². The highest BCUT2D eigenvalue weighted by atomic mass is 35.5. The lowest BCUT2D eigenvalue weighted by Crippen LogP contribution is -2.30. The molecule has 1 aliphatic rings. The van der Waals surface area contributed by atoms with E-state index in [0.29, 0.717) is 17.5 Å². The smallest absolute Gasteiger partial charge is 0.227 e. The lowest BCUT2D eigenvalue weighted by Gasteiger charge is -2.21. The highest BCUT2D eigenvalue weighted by molar-refractivity contribution is 6.30. The van der Waals surface area contributed by atoms with Crippen LogP contribution in [-0.4, -0.2) is 11.9 Å². The van der Waals surface area contributed by atoms with Crippen molar-refractivity contribution in [2.75, 3.05) is 4.90 Å². The zero-order valence-electron chi connectivity index (χ0n) is 8.03. The highest BCUT2D eigenvalue weighted by Crippen LogP contribution is 2.27. The maximum atomic E-state index is 11.6. The molecule has 0 radical (unpaired) electrons. The summed E-state index contributed by atoms with van der Waals surface area (Å²) in [7, 11) is 0. The number of carbonyl (C=O) groups excluding carboxylic acids is 1. The van der Waals surface area contributed by atoms with E-state index >= 15 is 0 Å². The zero-order valence-corrected chi connectivity index (χ0v) is 8.79. The van der Waals surface area contributed by atoms with Crippen LogP contribution in [0.15, 0.2) is 24.3 Å². The van der Waals surface area contributed by atoms with Crippen LogP contribution in [0.5, 0.6) is 0 Å². The number of halogens is 1. The van der Waals surface area contributed by atoms with Crippen molar-refractivity contribution in [3.63, 3.8) is 0 Å². The first kappa shape index (κ1) is 9.53. The fourth-order valence-electron chi connectivity index (χ4n) is 1.83. The quantitative estimate of drug-likeness (QED) is 0.697. The minimum atomic E-state index is 0.208. The first-order valence-electron chi connectivity index (χ1n) is 4.76. The van der Waals surface area contributed by atoms with Gasteiger partial charge in [0, 0.05) is 23.2 Å². The van der Waals surface area contributed by atoms with E-state index in [2.05, 4.69) is 6.92 Å². The summed E-state index contributed by atoms with van der Waals surface area (Å²) in [6.45, 7) is 2.07. The monoisotopic (exact) mass is 209 g/mol. The number of hydrogen-bond donors (Lipinski definition) is 0. The molecule has 1 amide bonds. The van der Waals surface area contributed by atoms with E-state index in [0.717, 1.165) is 12.1 Å². The molecule has 2 rings (SSSR count). The maximum Gasteiger partial charge on any atom is 0.227 e. The third-order valence-electron chi connectivity index (χ3n) is 2.59. The summed E-state index contributed by atoms with van der Waals surface area (Å²) in [5, 5.41) is 0.702. The third-order valence-corrected chi connectivity index (χ3v) is 2.84. The van der Waals surface area contributed by atoms with Crippen molar-refractivity contribution in [1.29, 1.82) is 0 Å². The summed E-state index contributed by atoms with van der Waals surface area (Å²) in [5.74, 6) is 0.208. The highest BCUT2D eigenvalue weighted by Gasteiger charge is 2.28. The lowest BCUT2D eigenvalue weighted by atomic mass is 10.2. The molecule has 74 valence electrons. The predicted molar refractivity (Wildman–Crippen MR) is 57.6 cm³/mol. The summed E-state index contributed by atoms with van der Waals surface area (Å²) < 4.78 is 0. The van der Waals surface area contributed by atoms with Crippen LogP contribution in [0.2, 0.25) is 5.02 Å². The van der Waals surface area contributed by atoms with Crippen LogP contribution in [0.25, 0.3) is 0 Å². The Balaban J connectivity index is 2.30. The summed E-state index contributed by atoms with van der Waals surface area (Å²) in [5.41, 5.74) is 0.949. The van der Waals surface area contributed by atoms with E-state index < -0.39 is 0 Å². The maximum absolute atomic E-state index is 11.6.